The molecular weight excluding hydrogens is 305 g/mol. The maximum atomic E-state index is 12.9. The lowest BCUT2D eigenvalue weighted by Gasteiger charge is -2.20. The minimum absolute atomic E-state index is 0.221. The molecule has 1 amide bonds. The predicted octanol–water partition coefficient (Wildman–Crippen LogP) is 4.50. The number of nitrogens with one attached hydrogen (secondary N) is 1. The van der Waals surface area contributed by atoms with E-state index >= 15 is 0 Å². The molecule has 1 N–H and O–H groups in total. The number of benzene rings is 2. The highest BCUT2D eigenvalue weighted by atomic mass is 19.1. The van der Waals surface area contributed by atoms with Crippen molar-refractivity contribution in [3.8, 4) is 5.75 Å². The third-order valence-electron chi connectivity index (χ3n) is 4.37. The molecule has 0 aliphatic heterocycles. The fraction of sp³-hybridized carbons (Fsp3) is 0.350. The van der Waals surface area contributed by atoms with Crippen molar-refractivity contribution in [2.45, 2.75) is 45.1 Å². The highest BCUT2D eigenvalue weighted by molar-refractivity contribution is 5.94. The summed E-state index contributed by atoms with van der Waals surface area (Å²) in [5.41, 5.74) is 3.28. The molecule has 0 saturated carbocycles. The van der Waals surface area contributed by atoms with E-state index in [2.05, 4.69) is 17.4 Å². The van der Waals surface area contributed by atoms with Crippen LogP contribution in [0.25, 0.3) is 0 Å². The van der Waals surface area contributed by atoms with E-state index in [0.29, 0.717) is 12.1 Å². The number of fused-ring (bicyclic) bond motifs is 1. The third kappa shape index (κ3) is 3.94. The number of ether oxygens (including phenoxy) is 1. The molecule has 0 radical (unpaired) electrons. The molecule has 0 saturated heterocycles. The molecule has 0 heterocycles. The minimum Gasteiger partial charge on any atom is -0.481 e. The molecule has 126 valence electrons. The monoisotopic (exact) mass is 327 g/mol. The molecule has 0 fully saturated rings. The van der Waals surface area contributed by atoms with Gasteiger partial charge in [0.25, 0.3) is 5.91 Å². The summed E-state index contributed by atoms with van der Waals surface area (Å²) in [4.78, 5) is 12.4. The first-order valence-corrected chi connectivity index (χ1v) is 8.50. The normalized spacial score (nSPS) is 14.6. The molecule has 2 aromatic carbocycles. The predicted molar refractivity (Wildman–Crippen MR) is 92.8 cm³/mol. The first kappa shape index (κ1) is 16.5. The second-order valence-electron chi connectivity index (χ2n) is 6.15. The molecular formula is C20H22FNO2. The zero-order chi connectivity index (χ0) is 16.9. The van der Waals surface area contributed by atoms with Crippen molar-refractivity contribution in [2.24, 2.45) is 0 Å². The van der Waals surface area contributed by atoms with Gasteiger partial charge in [0.1, 0.15) is 11.6 Å². The number of amides is 1. The van der Waals surface area contributed by atoms with Crippen LogP contribution in [-0.4, -0.2) is 12.0 Å². The lowest BCUT2D eigenvalue weighted by atomic mass is 9.92. The Labute approximate surface area is 141 Å². The van der Waals surface area contributed by atoms with Crippen LogP contribution in [0.15, 0.2) is 42.5 Å². The van der Waals surface area contributed by atoms with E-state index in [1.165, 1.54) is 36.1 Å². The van der Waals surface area contributed by atoms with Gasteiger partial charge in [-0.25, -0.2) is 4.39 Å². The molecule has 3 rings (SSSR count). The van der Waals surface area contributed by atoms with Gasteiger partial charge >= 0.3 is 0 Å². The Hall–Kier alpha value is -2.36. The van der Waals surface area contributed by atoms with E-state index in [-0.39, 0.29) is 11.7 Å². The quantitative estimate of drug-likeness (QED) is 0.878. The fourth-order valence-corrected chi connectivity index (χ4v) is 3.03. The number of hydrogen-bond acceptors (Lipinski definition) is 2. The highest BCUT2D eigenvalue weighted by Crippen LogP contribution is 2.26. The summed E-state index contributed by atoms with van der Waals surface area (Å²) in [5, 5.41) is 2.77. The van der Waals surface area contributed by atoms with Crippen molar-refractivity contribution in [1.29, 1.82) is 0 Å². The second kappa shape index (κ2) is 7.47. The fourth-order valence-electron chi connectivity index (χ4n) is 3.03. The summed E-state index contributed by atoms with van der Waals surface area (Å²) in [6.07, 6.45) is 4.63. The number of hydrogen-bond donors (Lipinski definition) is 1. The van der Waals surface area contributed by atoms with Gasteiger partial charge in [-0.15, -0.1) is 0 Å². The van der Waals surface area contributed by atoms with Crippen molar-refractivity contribution in [3.63, 3.8) is 0 Å². The smallest absolute Gasteiger partial charge is 0.265 e. The van der Waals surface area contributed by atoms with Gasteiger partial charge in [-0.3, -0.25) is 4.79 Å². The summed E-state index contributed by atoms with van der Waals surface area (Å²) in [6, 6.07) is 11.8. The summed E-state index contributed by atoms with van der Waals surface area (Å²) >= 11 is 0. The Morgan fingerprint density at radius 3 is 2.54 bits per heavy atom. The van der Waals surface area contributed by atoms with Gasteiger partial charge in [0.2, 0.25) is 0 Å². The summed E-state index contributed by atoms with van der Waals surface area (Å²) in [7, 11) is 0. The molecule has 1 atom stereocenters. The first-order valence-electron chi connectivity index (χ1n) is 8.50. The van der Waals surface area contributed by atoms with E-state index in [1.54, 1.807) is 12.1 Å². The Morgan fingerprint density at radius 2 is 1.83 bits per heavy atom. The number of anilines is 1. The Morgan fingerprint density at radius 1 is 1.12 bits per heavy atom. The van der Waals surface area contributed by atoms with Crippen molar-refractivity contribution in [2.75, 3.05) is 5.32 Å². The van der Waals surface area contributed by atoms with E-state index in [9.17, 15) is 9.18 Å². The van der Waals surface area contributed by atoms with Gasteiger partial charge in [0.15, 0.2) is 6.10 Å². The van der Waals surface area contributed by atoms with Crippen LogP contribution in [-0.2, 0) is 17.6 Å². The van der Waals surface area contributed by atoms with Gasteiger partial charge in [-0.05, 0) is 79.6 Å². The maximum absolute atomic E-state index is 12.9. The molecule has 0 unspecified atom stereocenters. The van der Waals surface area contributed by atoms with Crippen LogP contribution in [0.5, 0.6) is 5.75 Å². The van der Waals surface area contributed by atoms with Crippen LogP contribution in [0.4, 0.5) is 10.1 Å². The number of carbonyl (C=O) groups is 1. The van der Waals surface area contributed by atoms with Crippen LogP contribution in [0, 0.1) is 5.82 Å². The molecule has 0 spiro atoms. The molecule has 2 aromatic rings. The zero-order valence-electron chi connectivity index (χ0n) is 13.8. The van der Waals surface area contributed by atoms with Crippen LogP contribution in [0.1, 0.15) is 37.3 Å². The van der Waals surface area contributed by atoms with Crippen LogP contribution in [0.2, 0.25) is 0 Å². The molecule has 3 nitrogen and oxygen atoms in total. The lowest BCUT2D eigenvalue weighted by Crippen LogP contribution is -2.32. The van der Waals surface area contributed by atoms with E-state index in [0.717, 1.165) is 18.6 Å². The van der Waals surface area contributed by atoms with Crippen molar-refractivity contribution < 1.29 is 13.9 Å². The SMILES string of the molecule is CC[C@@H](Oc1ccc2c(c1)CCCC2)C(=O)Nc1ccc(F)cc1. The number of rotatable bonds is 5. The van der Waals surface area contributed by atoms with Gasteiger partial charge in [-0.2, -0.15) is 0 Å². The Bertz CT molecular complexity index is 712. The number of aryl methyl sites for hydroxylation is 2. The van der Waals surface area contributed by atoms with E-state index in [1.807, 2.05) is 13.0 Å². The highest BCUT2D eigenvalue weighted by Gasteiger charge is 2.19. The molecule has 24 heavy (non-hydrogen) atoms. The average Bonchev–Trinajstić information content (AvgIpc) is 2.61. The van der Waals surface area contributed by atoms with Gasteiger partial charge in [0, 0.05) is 5.69 Å². The number of carbonyl (C=O) groups excluding carboxylic acids is 1. The van der Waals surface area contributed by atoms with E-state index in [4.69, 9.17) is 4.74 Å². The Balaban J connectivity index is 1.67. The molecule has 4 heteroatoms. The standard InChI is InChI=1S/C20H22FNO2/c1-2-19(20(23)22-17-10-8-16(21)9-11-17)24-18-12-7-14-5-3-4-6-15(14)13-18/h7-13,19H,2-6H2,1H3,(H,22,23)/t19-/m1/s1. The van der Waals surface area contributed by atoms with Gasteiger partial charge < -0.3 is 10.1 Å². The number of halogens is 1. The molecule has 1 aliphatic carbocycles. The molecule has 0 aromatic heterocycles. The summed E-state index contributed by atoms with van der Waals surface area (Å²) in [6.45, 7) is 1.91. The van der Waals surface area contributed by atoms with Gasteiger partial charge in [0.05, 0.1) is 0 Å². The first-order chi connectivity index (χ1) is 11.7. The van der Waals surface area contributed by atoms with E-state index < -0.39 is 6.10 Å². The average molecular weight is 327 g/mol. The lowest BCUT2D eigenvalue weighted by molar-refractivity contribution is -0.122. The second-order valence-corrected chi connectivity index (χ2v) is 6.15. The maximum Gasteiger partial charge on any atom is 0.265 e. The van der Waals surface area contributed by atoms with Crippen LogP contribution in [0.3, 0.4) is 0 Å². The molecule has 1 aliphatic rings. The molecule has 0 bridgehead atoms. The van der Waals surface area contributed by atoms with Crippen molar-refractivity contribution in [3.05, 3.63) is 59.4 Å². The van der Waals surface area contributed by atoms with Gasteiger partial charge in [-0.1, -0.05) is 13.0 Å². The topological polar surface area (TPSA) is 38.3 Å². The van der Waals surface area contributed by atoms with Crippen molar-refractivity contribution >= 4 is 11.6 Å². The van der Waals surface area contributed by atoms with Crippen LogP contribution >= 0.6 is 0 Å². The largest absolute Gasteiger partial charge is 0.481 e. The zero-order valence-corrected chi connectivity index (χ0v) is 13.8. The summed E-state index contributed by atoms with van der Waals surface area (Å²) < 4.78 is 18.8. The Kier molecular flexibility index (Phi) is 5.14. The van der Waals surface area contributed by atoms with Crippen molar-refractivity contribution in [1.82, 2.24) is 0 Å². The minimum atomic E-state index is -0.573. The summed E-state index contributed by atoms with van der Waals surface area (Å²) in [5.74, 6) is 0.184. The van der Waals surface area contributed by atoms with Crippen LogP contribution < -0.4 is 10.1 Å². The third-order valence-corrected chi connectivity index (χ3v) is 4.37.